The average Bonchev–Trinajstić information content (AvgIpc) is 1.84. The van der Waals surface area contributed by atoms with Crippen LogP contribution in [0, 0.1) is 0 Å². The quantitative estimate of drug-likeness (QED) is 0.800. The Balaban J connectivity index is 3.57. The molecule has 0 amide bonds. The van der Waals surface area contributed by atoms with Gasteiger partial charge >= 0.3 is 0 Å². The van der Waals surface area contributed by atoms with Crippen molar-refractivity contribution in [1.29, 1.82) is 0 Å². The highest BCUT2D eigenvalue weighted by molar-refractivity contribution is 6.66. The standard InChI is InChI=1S/C5H7Cl5O2/c6-4(7,3-11)1-2-12-5(8,9)10/h11H,1-3H2. The maximum absolute atomic E-state index is 8.61. The summed E-state index contributed by atoms with van der Waals surface area (Å²) < 4.78 is 1.68. The first kappa shape index (κ1) is 13.4. The summed E-state index contributed by atoms with van der Waals surface area (Å²) in [6.07, 6.45) is 0.181. The smallest absolute Gasteiger partial charge is 0.297 e. The number of halogens is 5. The third-order valence-electron chi connectivity index (χ3n) is 0.965. The molecule has 0 aliphatic heterocycles. The Hall–Kier alpha value is 1.37. The van der Waals surface area contributed by atoms with Crippen LogP contribution in [0.4, 0.5) is 0 Å². The Morgan fingerprint density at radius 3 is 1.92 bits per heavy atom. The van der Waals surface area contributed by atoms with Crippen molar-refractivity contribution >= 4 is 58.0 Å². The predicted molar refractivity (Wildman–Crippen MR) is 52.4 cm³/mol. The summed E-state index contributed by atoms with van der Waals surface area (Å²) >= 11 is 26.9. The molecule has 0 atom stereocenters. The molecule has 0 fully saturated rings. The molecule has 0 aromatic rings. The molecule has 0 unspecified atom stereocenters. The van der Waals surface area contributed by atoms with Crippen LogP contribution in [-0.2, 0) is 4.74 Å². The Morgan fingerprint density at radius 1 is 1.08 bits per heavy atom. The van der Waals surface area contributed by atoms with Gasteiger partial charge in [0.2, 0.25) is 0 Å². The largest absolute Gasteiger partial charge is 0.393 e. The van der Waals surface area contributed by atoms with E-state index in [1.54, 1.807) is 0 Å². The second kappa shape index (κ2) is 5.30. The number of ether oxygens (including phenoxy) is 1. The number of rotatable bonds is 4. The minimum Gasteiger partial charge on any atom is -0.393 e. The highest BCUT2D eigenvalue weighted by atomic mass is 35.6. The van der Waals surface area contributed by atoms with Crippen molar-refractivity contribution in [3.8, 4) is 0 Å². The van der Waals surface area contributed by atoms with Gasteiger partial charge < -0.3 is 9.84 Å². The molecule has 74 valence electrons. The fourth-order valence-corrected chi connectivity index (χ4v) is 0.781. The maximum atomic E-state index is 8.61. The summed E-state index contributed by atoms with van der Waals surface area (Å²) in [5.41, 5.74) is 0. The van der Waals surface area contributed by atoms with Crippen LogP contribution in [0.2, 0.25) is 0 Å². The van der Waals surface area contributed by atoms with Crippen LogP contribution in [-0.4, -0.2) is 26.6 Å². The van der Waals surface area contributed by atoms with E-state index in [4.69, 9.17) is 63.1 Å². The van der Waals surface area contributed by atoms with Crippen molar-refractivity contribution < 1.29 is 9.84 Å². The fourth-order valence-electron chi connectivity index (χ4n) is 0.395. The summed E-state index contributed by atoms with van der Waals surface area (Å²) in [5.74, 6) is 0. The summed E-state index contributed by atoms with van der Waals surface area (Å²) in [6, 6.07) is 0. The molecule has 0 aliphatic rings. The number of aliphatic hydroxyl groups excluding tert-OH is 1. The average molecular weight is 276 g/mol. The van der Waals surface area contributed by atoms with E-state index in [1.807, 2.05) is 0 Å². The first-order valence-corrected chi connectivity index (χ1v) is 4.85. The van der Waals surface area contributed by atoms with Crippen LogP contribution < -0.4 is 0 Å². The van der Waals surface area contributed by atoms with Crippen LogP contribution >= 0.6 is 58.0 Å². The van der Waals surface area contributed by atoms with Crippen molar-refractivity contribution in [1.82, 2.24) is 0 Å². The lowest BCUT2D eigenvalue weighted by molar-refractivity contribution is 0.118. The Labute approximate surface area is 95.6 Å². The van der Waals surface area contributed by atoms with Crippen molar-refractivity contribution in [3.63, 3.8) is 0 Å². The van der Waals surface area contributed by atoms with Gasteiger partial charge in [0.15, 0.2) is 0 Å². The van der Waals surface area contributed by atoms with E-state index >= 15 is 0 Å². The molecule has 0 bridgehead atoms. The second-order valence-corrected chi connectivity index (χ2v) is 5.88. The number of hydrogen-bond acceptors (Lipinski definition) is 2. The Kier molecular flexibility index (Phi) is 5.91. The molecule has 0 spiro atoms. The predicted octanol–water partition coefficient (Wildman–Crippen LogP) is 2.89. The number of alkyl halides is 5. The molecular weight excluding hydrogens is 269 g/mol. The minimum atomic E-state index is -1.76. The SMILES string of the molecule is OCC(Cl)(Cl)CCOC(Cl)(Cl)Cl. The van der Waals surface area contributed by atoms with Gasteiger partial charge in [0, 0.05) is 6.42 Å². The van der Waals surface area contributed by atoms with Crippen molar-refractivity contribution in [2.75, 3.05) is 13.2 Å². The highest BCUT2D eigenvalue weighted by Crippen LogP contribution is 2.30. The highest BCUT2D eigenvalue weighted by Gasteiger charge is 2.26. The fraction of sp³-hybridized carbons (Fsp3) is 1.00. The molecule has 0 radical (unpaired) electrons. The van der Waals surface area contributed by atoms with Crippen molar-refractivity contribution in [2.45, 2.75) is 14.7 Å². The molecule has 0 saturated heterocycles. The molecule has 7 heteroatoms. The van der Waals surface area contributed by atoms with Gasteiger partial charge in [-0.1, -0.05) is 58.0 Å². The van der Waals surface area contributed by atoms with E-state index in [9.17, 15) is 0 Å². The third-order valence-corrected chi connectivity index (χ3v) is 1.91. The molecule has 0 heterocycles. The van der Waals surface area contributed by atoms with Gasteiger partial charge in [0.05, 0.1) is 13.2 Å². The zero-order chi connectivity index (χ0) is 9.83. The van der Waals surface area contributed by atoms with Crippen LogP contribution in [0.3, 0.4) is 0 Å². The summed E-state index contributed by atoms with van der Waals surface area (Å²) in [6.45, 7) is -0.316. The van der Waals surface area contributed by atoms with E-state index < -0.39 is 8.31 Å². The van der Waals surface area contributed by atoms with Gasteiger partial charge in [-0.25, -0.2) is 0 Å². The van der Waals surface area contributed by atoms with Gasteiger partial charge in [-0.15, -0.1) is 0 Å². The van der Waals surface area contributed by atoms with Crippen LogP contribution in [0.5, 0.6) is 0 Å². The van der Waals surface area contributed by atoms with E-state index in [1.165, 1.54) is 0 Å². The molecule has 0 saturated carbocycles. The molecule has 2 nitrogen and oxygen atoms in total. The van der Waals surface area contributed by atoms with E-state index in [0.29, 0.717) is 0 Å². The Morgan fingerprint density at radius 2 is 1.58 bits per heavy atom. The lowest BCUT2D eigenvalue weighted by Crippen LogP contribution is -2.22. The topological polar surface area (TPSA) is 29.5 Å². The zero-order valence-electron chi connectivity index (χ0n) is 5.87. The first-order valence-electron chi connectivity index (χ1n) is 2.96. The van der Waals surface area contributed by atoms with Gasteiger partial charge in [-0.2, -0.15) is 0 Å². The lowest BCUT2D eigenvalue weighted by atomic mass is 10.3. The van der Waals surface area contributed by atoms with Crippen LogP contribution in [0.1, 0.15) is 6.42 Å². The molecular formula is C5H7Cl5O2. The zero-order valence-corrected chi connectivity index (χ0v) is 9.65. The molecule has 0 aliphatic carbocycles. The third kappa shape index (κ3) is 7.99. The molecule has 0 aromatic heterocycles. The number of aliphatic hydroxyl groups is 1. The number of hydrogen-bond donors (Lipinski definition) is 1. The minimum absolute atomic E-state index is 0.0596. The monoisotopic (exact) mass is 274 g/mol. The maximum Gasteiger partial charge on any atom is 0.297 e. The second-order valence-electron chi connectivity index (χ2n) is 2.06. The van der Waals surface area contributed by atoms with Gasteiger partial charge in [0.25, 0.3) is 3.98 Å². The van der Waals surface area contributed by atoms with E-state index in [2.05, 4.69) is 4.74 Å². The van der Waals surface area contributed by atoms with Crippen molar-refractivity contribution in [2.24, 2.45) is 0 Å². The summed E-state index contributed by atoms with van der Waals surface area (Å²) in [7, 11) is 0. The van der Waals surface area contributed by atoms with Gasteiger partial charge in [-0.05, 0) is 0 Å². The summed E-state index contributed by atoms with van der Waals surface area (Å²) in [5, 5.41) is 8.61. The van der Waals surface area contributed by atoms with E-state index in [0.717, 1.165) is 0 Å². The molecule has 0 aromatic carbocycles. The van der Waals surface area contributed by atoms with Crippen LogP contribution in [0.15, 0.2) is 0 Å². The molecule has 12 heavy (non-hydrogen) atoms. The molecule has 1 N–H and O–H groups in total. The normalized spacial score (nSPS) is 13.5. The van der Waals surface area contributed by atoms with Crippen LogP contribution in [0.25, 0.3) is 0 Å². The first-order chi connectivity index (χ1) is 5.27. The van der Waals surface area contributed by atoms with Gasteiger partial charge in [0.1, 0.15) is 4.33 Å². The Bertz CT molecular complexity index is 132. The lowest BCUT2D eigenvalue weighted by Gasteiger charge is -2.18. The van der Waals surface area contributed by atoms with E-state index in [-0.39, 0.29) is 19.6 Å². The van der Waals surface area contributed by atoms with Gasteiger partial charge in [-0.3, -0.25) is 0 Å². The molecule has 0 rings (SSSR count). The van der Waals surface area contributed by atoms with Crippen molar-refractivity contribution in [3.05, 3.63) is 0 Å². The summed E-state index contributed by atoms with van der Waals surface area (Å²) in [4.78, 5) is 0.